The summed E-state index contributed by atoms with van der Waals surface area (Å²) >= 11 is 0. The fourth-order valence-corrected chi connectivity index (χ4v) is 0.380. The van der Waals surface area contributed by atoms with Crippen LogP contribution in [-0.2, 0) is 9.47 Å². The highest BCUT2D eigenvalue weighted by molar-refractivity contribution is 5.77. The van der Waals surface area contributed by atoms with Crippen LogP contribution in [0.4, 0.5) is 0 Å². The average Bonchev–Trinajstić information content (AvgIpc) is 1.87. The Kier molecular flexibility index (Phi) is 4.05. The van der Waals surface area contributed by atoms with Crippen molar-refractivity contribution < 1.29 is 9.47 Å². The predicted octanol–water partition coefficient (Wildman–Crippen LogP) is 1.04. The van der Waals surface area contributed by atoms with Crippen LogP contribution < -0.4 is 0 Å². The molecule has 3 nitrogen and oxygen atoms in total. The molecule has 0 fully saturated rings. The lowest BCUT2D eigenvalue weighted by Crippen LogP contribution is -2.20. The number of ether oxygens (including phenoxy) is 2. The monoisotopic (exact) mass is 131 g/mol. The quantitative estimate of drug-likeness (QED) is 0.459. The zero-order chi connectivity index (χ0) is 7.28. The number of methoxy groups -OCH3 is 1. The van der Waals surface area contributed by atoms with Gasteiger partial charge in [-0.1, -0.05) is 0 Å². The van der Waals surface area contributed by atoms with Gasteiger partial charge in [-0.25, -0.2) is 0 Å². The lowest BCUT2D eigenvalue weighted by Gasteiger charge is -2.09. The van der Waals surface area contributed by atoms with Crippen LogP contribution in [0.1, 0.15) is 13.8 Å². The third kappa shape index (κ3) is 3.08. The van der Waals surface area contributed by atoms with E-state index < -0.39 is 0 Å². The topological polar surface area (TPSA) is 42.3 Å². The van der Waals surface area contributed by atoms with Crippen LogP contribution in [-0.4, -0.2) is 25.7 Å². The van der Waals surface area contributed by atoms with Crippen LogP contribution in [0.5, 0.6) is 0 Å². The summed E-state index contributed by atoms with van der Waals surface area (Å²) in [5.74, 6) is 0.194. The van der Waals surface area contributed by atoms with E-state index in [-0.39, 0.29) is 12.0 Å². The van der Waals surface area contributed by atoms with E-state index in [2.05, 4.69) is 0 Å². The second kappa shape index (κ2) is 4.32. The molecule has 0 aliphatic rings. The summed E-state index contributed by atoms with van der Waals surface area (Å²) in [6.45, 7) is 4.15. The van der Waals surface area contributed by atoms with Crippen molar-refractivity contribution in [3.05, 3.63) is 0 Å². The highest BCUT2D eigenvalue weighted by atomic mass is 16.5. The molecule has 0 saturated carbocycles. The lowest BCUT2D eigenvalue weighted by atomic mass is 10.4. The molecule has 0 aromatic heterocycles. The van der Waals surface area contributed by atoms with Crippen molar-refractivity contribution in [1.82, 2.24) is 0 Å². The Morgan fingerprint density at radius 2 is 2.22 bits per heavy atom. The third-order valence-electron chi connectivity index (χ3n) is 1.02. The SMILES string of the molecule is CCOC(=N)[C@@H](C)OC. The van der Waals surface area contributed by atoms with Crippen molar-refractivity contribution in [2.45, 2.75) is 20.0 Å². The van der Waals surface area contributed by atoms with Crippen molar-refractivity contribution in [2.75, 3.05) is 13.7 Å². The highest BCUT2D eigenvalue weighted by Gasteiger charge is 2.05. The second-order valence-electron chi connectivity index (χ2n) is 1.68. The standard InChI is InChI=1S/C6H13NO2/c1-4-9-6(7)5(2)8-3/h5,7H,4H2,1-3H3/t5-/m1/s1. The summed E-state index contributed by atoms with van der Waals surface area (Å²) in [5.41, 5.74) is 0. The maximum atomic E-state index is 7.15. The van der Waals surface area contributed by atoms with Gasteiger partial charge in [0, 0.05) is 7.11 Å². The summed E-state index contributed by atoms with van der Waals surface area (Å²) in [6, 6.07) is 0. The zero-order valence-electron chi connectivity index (χ0n) is 6.10. The van der Waals surface area contributed by atoms with Crippen molar-refractivity contribution in [1.29, 1.82) is 5.41 Å². The van der Waals surface area contributed by atoms with Gasteiger partial charge in [-0.15, -0.1) is 0 Å². The molecule has 0 aromatic rings. The van der Waals surface area contributed by atoms with Crippen molar-refractivity contribution in [3.8, 4) is 0 Å². The number of nitrogens with one attached hydrogen (secondary N) is 1. The van der Waals surface area contributed by atoms with E-state index in [0.29, 0.717) is 6.61 Å². The van der Waals surface area contributed by atoms with Gasteiger partial charge in [-0.2, -0.15) is 0 Å². The molecular formula is C6H13NO2. The highest BCUT2D eigenvalue weighted by Crippen LogP contribution is 1.91. The first kappa shape index (κ1) is 8.43. The predicted molar refractivity (Wildman–Crippen MR) is 35.8 cm³/mol. The molecule has 1 atom stereocenters. The maximum Gasteiger partial charge on any atom is 0.210 e. The Morgan fingerprint density at radius 1 is 1.67 bits per heavy atom. The molecule has 0 unspecified atom stereocenters. The van der Waals surface area contributed by atoms with E-state index >= 15 is 0 Å². The van der Waals surface area contributed by atoms with Gasteiger partial charge in [-0.05, 0) is 13.8 Å². The largest absolute Gasteiger partial charge is 0.480 e. The van der Waals surface area contributed by atoms with E-state index in [9.17, 15) is 0 Å². The van der Waals surface area contributed by atoms with Crippen LogP contribution in [0.2, 0.25) is 0 Å². The molecule has 0 aliphatic carbocycles. The fraction of sp³-hybridized carbons (Fsp3) is 0.833. The Hall–Kier alpha value is -0.570. The second-order valence-corrected chi connectivity index (χ2v) is 1.68. The normalized spacial score (nSPS) is 12.8. The molecule has 9 heavy (non-hydrogen) atoms. The first-order valence-corrected chi connectivity index (χ1v) is 2.96. The van der Waals surface area contributed by atoms with Gasteiger partial charge < -0.3 is 9.47 Å². The molecule has 1 N–H and O–H groups in total. The van der Waals surface area contributed by atoms with E-state index in [0.717, 1.165) is 0 Å². The minimum Gasteiger partial charge on any atom is -0.480 e. The van der Waals surface area contributed by atoms with Crippen molar-refractivity contribution in [2.24, 2.45) is 0 Å². The first-order valence-electron chi connectivity index (χ1n) is 2.96. The molecule has 0 spiro atoms. The van der Waals surface area contributed by atoms with Crippen molar-refractivity contribution >= 4 is 5.90 Å². The molecule has 3 heteroatoms. The molecular weight excluding hydrogens is 118 g/mol. The van der Waals surface area contributed by atoms with E-state index in [1.807, 2.05) is 6.92 Å². The Labute approximate surface area is 55.5 Å². The van der Waals surface area contributed by atoms with E-state index in [1.165, 1.54) is 0 Å². The van der Waals surface area contributed by atoms with Crippen LogP contribution in [0.25, 0.3) is 0 Å². The van der Waals surface area contributed by atoms with E-state index in [1.54, 1.807) is 14.0 Å². The Balaban J connectivity index is 3.46. The van der Waals surface area contributed by atoms with Gasteiger partial charge in [0.25, 0.3) is 0 Å². The molecule has 0 radical (unpaired) electrons. The molecule has 54 valence electrons. The van der Waals surface area contributed by atoms with Gasteiger partial charge in [0.2, 0.25) is 5.90 Å². The molecule has 0 aliphatic heterocycles. The first-order chi connectivity index (χ1) is 4.22. The third-order valence-corrected chi connectivity index (χ3v) is 1.02. The summed E-state index contributed by atoms with van der Waals surface area (Å²) < 4.78 is 9.67. The van der Waals surface area contributed by atoms with E-state index in [4.69, 9.17) is 14.9 Å². The van der Waals surface area contributed by atoms with Crippen molar-refractivity contribution in [3.63, 3.8) is 0 Å². The molecule has 0 bridgehead atoms. The average molecular weight is 131 g/mol. The zero-order valence-corrected chi connectivity index (χ0v) is 6.10. The summed E-state index contributed by atoms with van der Waals surface area (Å²) in [5, 5.41) is 7.15. The van der Waals surface area contributed by atoms with Crippen LogP contribution in [0, 0.1) is 5.41 Å². The molecule has 0 aromatic carbocycles. The van der Waals surface area contributed by atoms with Gasteiger partial charge in [0.1, 0.15) is 6.10 Å². The van der Waals surface area contributed by atoms with Gasteiger partial charge in [0.15, 0.2) is 0 Å². The summed E-state index contributed by atoms with van der Waals surface area (Å²) in [4.78, 5) is 0. The maximum absolute atomic E-state index is 7.15. The minimum absolute atomic E-state index is 0.194. The van der Waals surface area contributed by atoms with Gasteiger partial charge in [-0.3, -0.25) is 5.41 Å². The molecule has 0 saturated heterocycles. The summed E-state index contributed by atoms with van der Waals surface area (Å²) in [7, 11) is 1.55. The number of rotatable bonds is 3. The van der Waals surface area contributed by atoms with Gasteiger partial charge >= 0.3 is 0 Å². The van der Waals surface area contributed by atoms with Crippen LogP contribution in [0.15, 0.2) is 0 Å². The molecule has 0 amide bonds. The van der Waals surface area contributed by atoms with Gasteiger partial charge in [0.05, 0.1) is 6.61 Å². The summed E-state index contributed by atoms with van der Waals surface area (Å²) in [6.07, 6.45) is -0.218. The number of hydrogen-bond acceptors (Lipinski definition) is 3. The Bertz CT molecular complexity index is 93.1. The molecule has 0 heterocycles. The van der Waals surface area contributed by atoms with Crippen LogP contribution >= 0.6 is 0 Å². The fourth-order valence-electron chi connectivity index (χ4n) is 0.380. The molecule has 0 rings (SSSR count). The smallest absolute Gasteiger partial charge is 0.210 e. The lowest BCUT2D eigenvalue weighted by molar-refractivity contribution is 0.139. The Morgan fingerprint density at radius 3 is 2.56 bits per heavy atom. The number of hydrogen-bond donors (Lipinski definition) is 1. The van der Waals surface area contributed by atoms with Crippen LogP contribution in [0.3, 0.4) is 0 Å². The minimum atomic E-state index is -0.218.